The van der Waals surface area contributed by atoms with Crippen molar-refractivity contribution < 1.29 is 9.53 Å². The number of ether oxygens (including phenoxy) is 1. The van der Waals surface area contributed by atoms with Crippen molar-refractivity contribution in [2.45, 2.75) is 43.8 Å². The number of carbonyl (C=O) groups excluding carboxylic acids is 1. The summed E-state index contributed by atoms with van der Waals surface area (Å²) in [6.07, 6.45) is 7.71. The van der Waals surface area contributed by atoms with E-state index in [2.05, 4.69) is 10.6 Å². The number of nitrogens with one attached hydrogen (secondary N) is 2. The van der Waals surface area contributed by atoms with Crippen LogP contribution in [0.1, 0.15) is 25.7 Å². The molecule has 1 amide bonds. The van der Waals surface area contributed by atoms with Gasteiger partial charge in [-0.05, 0) is 31.8 Å². The first-order chi connectivity index (χ1) is 8.28. The number of piperidine rings is 1. The van der Waals surface area contributed by atoms with E-state index in [4.69, 9.17) is 10.5 Å². The molecule has 5 heteroatoms. The van der Waals surface area contributed by atoms with Gasteiger partial charge in [-0.3, -0.25) is 0 Å². The lowest BCUT2D eigenvalue weighted by Crippen LogP contribution is -2.48. The van der Waals surface area contributed by atoms with Gasteiger partial charge < -0.3 is 21.1 Å². The van der Waals surface area contributed by atoms with E-state index in [1.54, 1.807) is 12.2 Å². The van der Waals surface area contributed by atoms with Crippen molar-refractivity contribution in [3.63, 3.8) is 0 Å². The van der Waals surface area contributed by atoms with Crippen LogP contribution in [-0.2, 0) is 4.74 Å². The average Bonchev–Trinajstić information content (AvgIpc) is 2.64. The van der Waals surface area contributed by atoms with E-state index in [1.165, 1.54) is 12.8 Å². The van der Waals surface area contributed by atoms with Gasteiger partial charge in [-0.2, -0.15) is 0 Å². The average molecular weight is 239 g/mol. The Morgan fingerprint density at radius 2 is 2.06 bits per heavy atom. The molecule has 2 aliphatic heterocycles. The number of fused-ring (bicyclic) bond motifs is 2. The summed E-state index contributed by atoms with van der Waals surface area (Å²) in [5, 5.41) is 6.47. The molecule has 2 unspecified atom stereocenters. The van der Waals surface area contributed by atoms with Crippen molar-refractivity contribution in [1.29, 1.82) is 0 Å². The van der Waals surface area contributed by atoms with Gasteiger partial charge in [0.15, 0.2) is 0 Å². The molecule has 2 rings (SSSR count). The Morgan fingerprint density at radius 1 is 1.35 bits per heavy atom. The molecule has 0 aliphatic carbocycles. The van der Waals surface area contributed by atoms with Crippen molar-refractivity contribution in [3.05, 3.63) is 12.2 Å². The molecule has 0 aromatic rings. The third-order valence-electron chi connectivity index (χ3n) is 3.41. The van der Waals surface area contributed by atoms with Crippen LogP contribution in [0.25, 0.3) is 0 Å². The second kappa shape index (κ2) is 6.02. The van der Waals surface area contributed by atoms with E-state index >= 15 is 0 Å². The van der Waals surface area contributed by atoms with Gasteiger partial charge in [-0.1, -0.05) is 6.08 Å². The van der Waals surface area contributed by atoms with Crippen molar-refractivity contribution in [2.24, 2.45) is 5.73 Å². The molecule has 0 spiro atoms. The molecule has 0 aromatic carbocycles. The predicted octanol–water partition coefficient (Wildman–Crippen LogP) is 0.510. The SMILES string of the molecule is NC/C=C/COC(=O)NC1CC2CCC(C1)N2. The van der Waals surface area contributed by atoms with Gasteiger partial charge in [0.25, 0.3) is 0 Å². The first kappa shape index (κ1) is 12.4. The maximum Gasteiger partial charge on any atom is 0.407 e. The van der Waals surface area contributed by atoms with Crippen LogP contribution in [0.5, 0.6) is 0 Å². The van der Waals surface area contributed by atoms with E-state index in [9.17, 15) is 4.79 Å². The zero-order valence-electron chi connectivity index (χ0n) is 10.0. The molecule has 5 nitrogen and oxygen atoms in total. The molecular weight excluding hydrogens is 218 g/mol. The maximum atomic E-state index is 11.5. The van der Waals surface area contributed by atoms with Crippen molar-refractivity contribution >= 4 is 6.09 Å². The summed E-state index contributed by atoms with van der Waals surface area (Å²) in [5.41, 5.74) is 5.28. The number of carbonyl (C=O) groups is 1. The highest BCUT2D eigenvalue weighted by Gasteiger charge is 2.34. The molecule has 2 atom stereocenters. The molecule has 96 valence electrons. The number of alkyl carbamates (subject to hydrolysis) is 1. The largest absolute Gasteiger partial charge is 0.445 e. The molecule has 2 heterocycles. The zero-order chi connectivity index (χ0) is 12.1. The highest BCUT2D eigenvalue weighted by atomic mass is 16.5. The predicted molar refractivity (Wildman–Crippen MR) is 65.6 cm³/mol. The van der Waals surface area contributed by atoms with E-state index in [0.717, 1.165) is 12.8 Å². The normalized spacial score (nSPS) is 31.7. The van der Waals surface area contributed by atoms with Crippen molar-refractivity contribution in [3.8, 4) is 0 Å². The van der Waals surface area contributed by atoms with Crippen molar-refractivity contribution in [1.82, 2.24) is 10.6 Å². The summed E-state index contributed by atoms with van der Waals surface area (Å²) in [6, 6.07) is 1.42. The minimum absolute atomic E-state index is 0.264. The Hall–Kier alpha value is -1.07. The quantitative estimate of drug-likeness (QED) is 0.625. The van der Waals surface area contributed by atoms with Crippen LogP contribution < -0.4 is 16.4 Å². The molecule has 17 heavy (non-hydrogen) atoms. The van der Waals surface area contributed by atoms with E-state index in [1.807, 2.05) is 0 Å². The van der Waals surface area contributed by atoms with Gasteiger partial charge in [0.2, 0.25) is 0 Å². The second-order valence-corrected chi connectivity index (χ2v) is 4.76. The third-order valence-corrected chi connectivity index (χ3v) is 3.41. The minimum atomic E-state index is -0.321. The van der Waals surface area contributed by atoms with Gasteiger partial charge in [-0.25, -0.2) is 4.79 Å². The summed E-state index contributed by atoms with van der Waals surface area (Å²) in [6.45, 7) is 0.767. The van der Waals surface area contributed by atoms with Crippen LogP contribution in [-0.4, -0.2) is 37.4 Å². The zero-order valence-corrected chi connectivity index (χ0v) is 10.0. The Bertz CT molecular complexity index is 281. The van der Waals surface area contributed by atoms with E-state index in [0.29, 0.717) is 25.2 Å². The highest BCUT2D eigenvalue weighted by Crippen LogP contribution is 2.26. The first-order valence-corrected chi connectivity index (χ1v) is 6.32. The van der Waals surface area contributed by atoms with Crippen LogP contribution in [0.2, 0.25) is 0 Å². The molecule has 2 aliphatic rings. The van der Waals surface area contributed by atoms with Crippen LogP contribution in [0.4, 0.5) is 4.79 Å². The first-order valence-electron chi connectivity index (χ1n) is 6.32. The van der Waals surface area contributed by atoms with Gasteiger partial charge in [0, 0.05) is 24.7 Å². The molecule has 2 bridgehead atoms. The van der Waals surface area contributed by atoms with Gasteiger partial charge in [-0.15, -0.1) is 0 Å². The monoisotopic (exact) mass is 239 g/mol. The Balaban J connectivity index is 1.66. The highest BCUT2D eigenvalue weighted by molar-refractivity contribution is 5.67. The fraction of sp³-hybridized carbons (Fsp3) is 0.750. The summed E-state index contributed by atoms with van der Waals surface area (Å²) in [7, 11) is 0. The fourth-order valence-corrected chi connectivity index (χ4v) is 2.67. The van der Waals surface area contributed by atoms with Crippen LogP contribution >= 0.6 is 0 Å². The minimum Gasteiger partial charge on any atom is -0.445 e. The molecule has 0 radical (unpaired) electrons. The lowest BCUT2D eigenvalue weighted by atomic mass is 10.0. The molecule has 4 N–H and O–H groups in total. The number of nitrogens with two attached hydrogens (primary N) is 1. The van der Waals surface area contributed by atoms with Crippen LogP contribution in [0, 0.1) is 0 Å². The summed E-state index contributed by atoms with van der Waals surface area (Å²) in [4.78, 5) is 11.5. The van der Waals surface area contributed by atoms with Gasteiger partial charge >= 0.3 is 6.09 Å². The molecule has 2 saturated heterocycles. The Labute approximate surface area is 102 Å². The topological polar surface area (TPSA) is 76.4 Å². The maximum absolute atomic E-state index is 11.5. The smallest absolute Gasteiger partial charge is 0.407 e. The fourth-order valence-electron chi connectivity index (χ4n) is 2.67. The molecule has 2 fully saturated rings. The number of amides is 1. The third kappa shape index (κ3) is 3.71. The summed E-state index contributed by atoms with van der Waals surface area (Å²) in [5.74, 6) is 0. The molecule has 0 saturated carbocycles. The molecular formula is C12H21N3O2. The van der Waals surface area contributed by atoms with Crippen LogP contribution in [0.3, 0.4) is 0 Å². The van der Waals surface area contributed by atoms with E-state index in [-0.39, 0.29) is 12.1 Å². The Kier molecular flexibility index (Phi) is 4.39. The summed E-state index contributed by atoms with van der Waals surface area (Å²) >= 11 is 0. The number of hydrogen-bond donors (Lipinski definition) is 3. The number of hydrogen-bond acceptors (Lipinski definition) is 4. The summed E-state index contributed by atoms with van der Waals surface area (Å²) < 4.78 is 5.02. The Morgan fingerprint density at radius 3 is 2.71 bits per heavy atom. The van der Waals surface area contributed by atoms with Crippen LogP contribution in [0.15, 0.2) is 12.2 Å². The number of rotatable bonds is 4. The standard InChI is InChI=1S/C12H21N3O2/c13-5-1-2-6-17-12(16)15-11-7-9-3-4-10(8-11)14-9/h1-2,9-11,14H,3-8,13H2,(H,15,16)/b2-1+. The van der Waals surface area contributed by atoms with Gasteiger partial charge in [0.05, 0.1) is 0 Å². The lowest BCUT2D eigenvalue weighted by Gasteiger charge is -2.29. The molecule has 0 aromatic heterocycles. The van der Waals surface area contributed by atoms with Crippen molar-refractivity contribution in [2.75, 3.05) is 13.2 Å². The van der Waals surface area contributed by atoms with E-state index < -0.39 is 0 Å². The van der Waals surface area contributed by atoms with Gasteiger partial charge in [0.1, 0.15) is 6.61 Å². The lowest BCUT2D eigenvalue weighted by molar-refractivity contribution is 0.149. The second-order valence-electron chi connectivity index (χ2n) is 4.76.